The Morgan fingerprint density at radius 1 is 1.10 bits per heavy atom. The number of methoxy groups -OCH3 is 1. The van der Waals surface area contributed by atoms with Gasteiger partial charge in [-0.1, -0.05) is 12.1 Å². The van der Waals surface area contributed by atoms with E-state index in [0.29, 0.717) is 5.84 Å². The fraction of sp³-hybridized carbons (Fsp3) is 0.467. The van der Waals surface area contributed by atoms with Gasteiger partial charge in [0, 0.05) is 5.56 Å². The molecule has 1 aromatic rings. The van der Waals surface area contributed by atoms with Gasteiger partial charge < -0.3 is 4.74 Å². The van der Waals surface area contributed by atoms with Gasteiger partial charge in [0.15, 0.2) is 5.84 Å². The zero-order chi connectivity index (χ0) is 15.6. The smallest absolute Gasteiger partial charge is 0.361 e. The second-order valence-electron chi connectivity index (χ2n) is 5.41. The molecular formula is C15H21N4O2. The van der Waals surface area contributed by atoms with Crippen LogP contribution in [0.5, 0.6) is 5.75 Å². The van der Waals surface area contributed by atoms with Crippen molar-refractivity contribution >= 4 is 11.9 Å². The molecule has 2 rings (SSSR count). The summed E-state index contributed by atoms with van der Waals surface area (Å²) in [7, 11) is 1.61. The van der Waals surface area contributed by atoms with E-state index in [-0.39, 0.29) is 18.1 Å². The first-order chi connectivity index (χ1) is 9.93. The summed E-state index contributed by atoms with van der Waals surface area (Å²) in [6.07, 6.45) is 0. The van der Waals surface area contributed by atoms with Crippen molar-refractivity contribution in [2.75, 3.05) is 7.11 Å². The Bertz CT molecular complexity index is 554. The molecule has 0 saturated carbocycles. The van der Waals surface area contributed by atoms with Crippen LogP contribution in [0.1, 0.15) is 33.3 Å². The fourth-order valence-electron chi connectivity index (χ4n) is 1.96. The molecule has 0 saturated heterocycles. The Balaban J connectivity index is 2.41. The van der Waals surface area contributed by atoms with Crippen LogP contribution in [-0.2, 0) is 0 Å². The maximum atomic E-state index is 12.3. The summed E-state index contributed by atoms with van der Waals surface area (Å²) in [5.41, 5.74) is 5.19. The Hall–Kier alpha value is -2.24. The number of rotatable bonds is 4. The van der Waals surface area contributed by atoms with Crippen LogP contribution in [0.3, 0.4) is 0 Å². The van der Waals surface area contributed by atoms with Crippen molar-refractivity contribution in [2.45, 2.75) is 39.8 Å². The number of carbonyl (C=O) groups excluding carboxylic acids is 1. The molecule has 0 fully saturated rings. The lowest BCUT2D eigenvalue weighted by Crippen LogP contribution is -2.56. The summed E-state index contributed by atoms with van der Waals surface area (Å²) in [6.45, 7) is 7.70. The van der Waals surface area contributed by atoms with Gasteiger partial charge in [0.2, 0.25) is 0 Å². The van der Waals surface area contributed by atoms with E-state index in [1.165, 1.54) is 10.0 Å². The van der Waals surface area contributed by atoms with E-state index in [4.69, 9.17) is 4.74 Å². The SMILES string of the molecule is COc1cccc(C2=NN(C(C)C)C(=O)N(C(C)C)[N]2)c1. The van der Waals surface area contributed by atoms with Crippen molar-refractivity contribution in [1.82, 2.24) is 15.4 Å². The molecule has 0 unspecified atom stereocenters. The van der Waals surface area contributed by atoms with Gasteiger partial charge in [0.05, 0.1) is 19.2 Å². The lowest BCUT2D eigenvalue weighted by atomic mass is 10.2. The largest absolute Gasteiger partial charge is 0.497 e. The molecule has 0 bridgehead atoms. The highest BCUT2D eigenvalue weighted by Gasteiger charge is 2.33. The lowest BCUT2D eigenvalue weighted by Gasteiger charge is -2.35. The van der Waals surface area contributed by atoms with Crippen LogP contribution in [0.2, 0.25) is 0 Å². The number of benzene rings is 1. The van der Waals surface area contributed by atoms with E-state index in [1.54, 1.807) is 7.11 Å². The maximum absolute atomic E-state index is 12.3. The van der Waals surface area contributed by atoms with Crippen molar-refractivity contribution in [3.05, 3.63) is 29.8 Å². The zero-order valence-corrected chi connectivity index (χ0v) is 13.1. The molecule has 113 valence electrons. The third-order valence-corrected chi connectivity index (χ3v) is 3.10. The van der Waals surface area contributed by atoms with E-state index >= 15 is 0 Å². The topological polar surface area (TPSA) is 59.2 Å². The molecule has 1 aliphatic heterocycles. The van der Waals surface area contributed by atoms with Crippen LogP contribution in [-0.4, -0.2) is 41.1 Å². The van der Waals surface area contributed by atoms with Crippen LogP contribution < -0.4 is 10.2 Å². The summed E-state index contributed by atoms with van der Waals surface area (Å²) in [6, 6.07) is 7.23. The average Bonchev–Trinajstić information content (AvgIpc) is 2.46. The number of hydrogen-bond donors (Lipinski definition) is 0. The van der Waals surface area contributed by atoms with Crippen molar-refractivity contribution < 1.29 is 9.53 Å². The van der Waals surface area contributed by atoms with E-state index < -0.39 is 0 Å². The highest BCUT2D eigenvalue weighted by molar-refractivity contribution is 6.01. The molecule has 6 nitrogen and oxygen atoms in total. The first-order valence-corrected chi connectivity index (χ1v) is 7.01. The minimum absolute atomic E-state index is 0.0325. The molecular weight excluding hydrogens is 268 g/mol. The Kier molecular flexibility index (Phi) is 4.35. The summed E-state index contributed by atoms with van der Waals surface area (Å²) < 4.78 is 5.22. The standard InChI is InChI=1S/C15H21N4O2/c1-10(2)18-15(20)19(11(3)4)17-14(16-18)12-7-6-8-13(9-12)21-5/h6-11H,1-5H3. The molecule has 0 aliphatic carbocycles. The molecule has 0 N–H and O–H groups in total. The monoisotopic (exact) mass is 289 g/mol. The van der Waals surface area contributed by atoms with Gasteiger partial charge in [-0.25, -0.2) is 14.8 Å². The number of hydrogen-bond acceptors (Lipinski definition) is 3. The van der Waals surface area contributed by atoms with Crippen LogP contribution in [0, 0.1) is 0 Å². The number of hydrazone groups is 1. The van der Waals surface area contributed by atoms with Crippen LogP contribution in [0.25, 0.3) is 0 Å². The van der Waals surface area contributed by atoms with Gasteiger partial charge in [-0.3, -0.25) is 0 Å². The highest BCUT2D eigenvalue weighted by Crippen LogP contribution is 2.18. The van der Waals surface area contributed by atoms with Crippen molar-refractivity contribution in [2.24, 2.45) is 5.10 Å². The van der Waals surface area contributed by atoms with E-state index in [1.807, 2.05) is 52.0 Å². The first kappa shape index (κ1) is 15.2. The lowest BCUT2D eigenvalue weighted by molar-refractivity contribution is 0.104. The van der Waals surface area contributed by atoms with Gasteiger partial charge in [0.25, 0.3) is 0 Å². The highest BCUT2D eigenvalue weighted by atomic mass is 16.5. The normalized spacial score (nSPS) is 15.4. The van der Waals surface area contributed by atoms with E-state index in [0.717, 1.165) is 11.3 Å². The maximum Gasteiger partial charge on any atom is 0.361 e. The number of nitrogens with zero attached hydrogens (tertiary/aromatic N) is 4. The van der Waals surface area contributed by atoms with Gasteiger partial charge >= 0.3 is 6.03 Å². The minimum Gasteiger partial charge on any atom is -0.497 e. The number of carbonyl (C=O) groups is 1. The number of ether oxygens (including phenoxy) is 1. The van der Waals surface area contributed by atoms with Gasteiger partial charge in [-0.15, -0.1) is 10.5 Å². The molecule has 2 amide bonds. The first-order valence-electron chi connectivity index (χ1n) is 7.01. The summed E-state index contributed by atoms with van der Waals surface area (Å²) >= 11 is 0. The molecule has 1 radical (unpaired) electrons. The molecule has 0 aromatic heterocycles. The summed E-state index contributed by atoms with van der Waals surface area (Å²) in [4.78, 5) is 12.3. The minimum atomic E-state index is -0.202. The molecule has 1 aliphatic rings. The molecule has 1 heterocycles. The summed E-state index contributed by atoms with van der Waals surface area (Å²) in [5.74, 6) is 1.24. The summed E-state index contributed by atoms with van der Waals surface area (Å²) in [5, 5.41) is 7.30. The third-order valence-electron chi connectivity index (χ3n) is 3.10. The number of amides is 2. The second-order valence-corrected chi connectivity index (χ2v) is 5.41. The predicted molar refractivity (Wildman–Crippen MR) is 81.0 cm³/mol. The van der Waals surface area contributed by atoms with Crippen molar-refractivity contribution in [3.63, 3.8) is 0 Å². The third kappa shape index (κ3) is 3.09. The van der Waals surface area contributed by atoms with Gasteiger partial charge in [-0.2, -0.15) is 0 Å². The zero-order valence-electron chi connectivity index (χ0n) is 13.1. The predicted octanol–water partition coefficient (Wildman–Crippen LogP) is 2.43. The van der Waals surface area contributed by atoms with E-state index in [2.05, 4.69) is 10.5 Å². The molecule has 6 heteroatoms. The Morgan fingerprint density at radius 3 is 2.33 bits per heavy atom. The van der Waals surface area contributed by atoms with Crippen LogP contribution in [0.15, 0.2) is 29.4 Å². The second kappa shape index (κ2) is 6.03. The van der Waals surface area contributed by atoms with Crippen LogP contribution >= 0.6 is 0 Å². The van der Waals surface area contributed by atoms with Crippen LogP contribution in [0.4, 0.5) is 4.79 Å². The quantitative estimate of drug-likeness (QED) is 0.854. The van der Waals surface area contributed by atoms with Gasteiger partial charge in [-0.05, 0) is 39.8 Å². The fourth-order valence-corrected chi connectivity index (χ4v) is 1.96. The van der Waals surface area contributed by atoms with Crippen molar-refractivity contribution in [3.8, 4) is 5.75 Å². The number of amidine groups is 1. The molecule has 0 atom stereocenters. The number of urea groups is 1. The van der Waals surface area contributed by atoms with Crippen molar-refractivity contribution in [1.29, 1.82) is 0 Å². The molecule has 0 spiro atoms. The van der Waals surface area contributed by atoms with Gasteiger partial charge in [0.1, 0.15) is 5.75 Å². The van der Waals surface area contributed by atoms with E-state index in [9.17, 15) is 4.79 Å². The Morgan fingerprint density at radius 2 is 1.76 bits per heavy atom. The molecule has 21 heavy (non-hydrogen) atoms. The Labute approximate surface area is 125 Å². The average molecular weight is 289 g/mol. The molecule has 1 aromatic carbocycles.